The number of hydrogen-bond acceptors (Lipinski definition) is 1. The van der Waals surface area contributed by atoms with Gasteiger partial charge in [0, 0.05) is 19.6 Å². The van der Waals surface area contributed by atoms with Gasteiger partial charge in [-0.3, -0.25) is 0 Å². The molecule has 0 aliphatic rings. The van der Waals surface area contributed by atoms with Gasteiger partial charge in [-0.25, -0.2) is 0 Å². The molecule has 0 saturated carbocycles. The van der Waals surface area contributed by atoms with Crippen molar-refractivity contribution in [1.82, 2.24) is 0 Å². The van der Waals surface area contributed by atoms with E-state index in [9.17, 15) is 0 Å². The van der Waals surface area contributed by atoms with Crippen LogP contribution < -0.4 is 0 Å². The van der Waals surface area contributed by atoms with Crippen molar-refractivity contribution in [3.8, 4) is 0 Å². The summed E-state index contributed by atoms with van der Waals surface area (Å²) in [5.41, 5.74) is 0. The largest absolute Gasteiger partial charge is 0.385 e. The Balaban J connectivity index is 2.73. The highest BCUT2D eigenvalue weighted by atomic mass is 35.5. The first-order valence-electron chi connectivity index (χ1n) is 4.96. The van der Waals surface area contributed by atoms with Crippen molar-refractivity contribution in [2.75, 3.05) is 19.6 Å². The van der Waals surface area contributed by atoms with Gasteiger partial charge in [-0.05, 0) is 12.8 Å². The second-order valence-corrected chi connectivity index (χ2v) is 3.53. The highest BCUT2D eigenvalue weighted by Crippen LogP contribution is 2.07. The molecule has 74 valence electrons. The first-order chi connectivity index (χ1) is 5.91. The van der Waals surface area contributed by atoms with Gasteiger partial charge in [0.05, 0.1) is 0 Å². The average Bonchev–Trinajstić information content (AvgIpc) is 2.10. The van der Waals surface area contributed by atoms with Gasteiger partial charge in [-0.15, -0.1) is 11.6 Å². The molecule has 0 unspecified atom stereocenters. The van der Waals surface area contributed by atoms with Gasteiger partial charge < -0.3 is 4.74 Å². The van der Waals surface area contributed by atoms with E-state index < -0.39 is 0 Å². The van der Waals surface area contributed by atoms with Crippen LogP contribution in [0.5, 0.6) is 0 Å². The van der Waals surface area contributed by atoms with Gasteiger partial charge >= 0.3 is 0 Å². The third-order valence-electron chi connectivity index (χ3n) is 1.98. The van der Waals surface area contributed by atoms with Crippen LogP contribution in [0.2, 0.25) is 0 Å². The molecule has 0 radical (unpaired) electrons. The van der Waals surface area contributed by atoms with E-state index in [2.05, 4.69) is 0 Å². The Morgan fingerprint density at radius 3 is 1.83 bits per heavy atom. The van der Waals surface area contributed by atoms with Crippen molar-refractivity contribution < 1.29 is 4.74 Å². The van der Waals surface area contributed by atoms with Crippen LogP contribution in [0.3, 0.4) is 0 Å². The van der Waals surface area contributed by atoms with E-state index in [1.54, 1.807) is 7.11 Å². The van der Waals surface area contributed by atoms with Gasteiger partial charge in [-0.1, -0.05) is 32.1 Å². The molecule has 0 aliphatic heterocycles. The van der Waals surface area contributed by atoms with Crippen molar-refractivity contribution in [2.24, 2.45) is 0 Å². The molecular formula is C10H21ClO. The second-order valence-electron chi connectivity index (χ2n) is 3.16. The van der Waals surface area contributed by atoms with Gasteiger partial charge in [0.15, 0.2) is 0 Å². The molecule has 0 heterocycles. The molecule has 0 spiro atoms. The molecule has 12 heavy (non-hydrogen) atoms. The van der Waals surface area contributed by atoms with Gasteiger partial charge in [-0.2, -0.15) is 0 Å². The molecule has 1 nitrogen and oxygen atoms in total. The van der Waals surface area contributed by atoms with E-state index in [0.717, 1.165) is 12.5 Å². The fraction of sp³-hybridized carbons (Fsp3) is 1.00. The third kappa shape index (κ3) is 10.2. The average molecular weight is 193 g/mol. The molecule has 0 aromatic heterocycles. The molecule has 0 aromatic rings. The van der Waals surface area contributed by atoms with E-state index in [-0.39, 0.29) is 0 Å². The molecule has 0 saturated heterocycles. The van der Waals surface area contributed by atoms with Gasteiger partial charge in [0.2, 0.25) is 0 Å². The van der Waals surface area contributed by atoms with Crippen molar-refractivity contribution >= 4 is 11.6 Å². The van der Waals surface area contributed by atoms with Gasteiger partial charge in [0.1, 0.15) is 0 Å². The quantitative estimate of drug-likeness (QED) is 0.401. The zero-order valence-electron chi connectivity index (χ0n) is 8.15. The van der Waals surface area contributed by atoms with E-state index in [4.69, 9.17) is 16.3 Å². The van der Waals surface area contributed by atoms with E-state index in [1.165, 1.54) is 44.9 Å². The Kier molecular flexibility index (Phi) is 11.5. The van der Waals surface area contributed by atoms with Crippen molar-refractivity contribution in [2.45, 2.75) is 44.9 Å². The van der Waals surface area contributed by atoms with Gasteiger partial charge in [0.25, 0.3) is 0 Å². The minimum absolute atomic E-state index is 0.823. The number of ether oxygens (including phenoxy) is 1. The maximum atomic E-state index is 5.57. The number of methoxy groups -OCH3 is 1. The lowest BCUT2D eigenvalue weighted by Crippen LogP contribution is -1.88. The van der Waals surface area contributed by atoms with Crippen LogP contribution in [0, 0.1) is 0 Å². The summed E-state index contributed by atoms with van der Waals surface area (Å²) >= 11 is 5.57. The van der Waals surface area contributed by atoms with Crippen LogP contribution >= 0.6 is 11.6 Å². The Bertz CT molecular complexity index is 66.2. The number of halogens is 1. The first kappa shape index (κ1) is 12.2. The zero-order chi connectivity index (χ0) is 9.07. The minimum Gasteiger partial charge on any atom is -0.385 e. The van der Waals surface area contributed by atoms with Crippen LogP contribution in [0.15, 0.2) is 0 Å². The number of unbranched alkanes of at least 4 members (excludes halogenated alkanes) is 6. The zero-order valence-corrected chi connectivity index (χ0v) is 8.91. The molecule has 0 bridgehead atoms. The number of alkyl halides is 1. The van der Waals surface area contributed by atoms with E-state index in [0.29, 0.717) is 0 Å². The molecule has 0 atom stereocenters. The van der Waals surface area contributed by atoms with Crippen molar-refractivity contribution in [3.05, 3.63) is 0 Å². The summed E-state index contributed by atoms with van der Waals surface area (Å²) in [6.45, 7) is 0.918. The summed E-state index contributed by atoms with van der Waals surface area (Å²) in [6, 6.07) is 0. The molecule has 0 N–H and O–H groups in total. The Morgan fingerprint density at radius 1 is 0.833 bits per heavy atom. The molecule has 0 aliphatic carbocycles. The highest BCUT2D eigenvalue weighted by Gasteiger charge is 1.90. The van der Waals surface area contributed by atoms with Crippen LogP contribution in [0.25, 0.3) is 0 Å². The standard InChI is InChI=1S/C10H21ClO/c1-12-10-8-6-4-2-3-5-7-9-11/h2-10H2,1H3. The second kappa shape index (κ2) is 11.2. The highest BCUT2D eigenvalue weighted by molar-refractivity contribution is 6.17. The molecule has 0 amide bonds. The van der Waals surface area contributed by atoms with Crippen LogP contribution in [-0.4, -0.2) is 19.6 Å². The summed E-state index contributed by atoms with van der Waals surface area (Å²) in [7, 11) is 1.76. The maximum Gasteiger partial charge on any atom is 0.0462 e. The molecule has 2 heteroatoms. The Hall–Kier alpha value is 0.250. The summed E-state index contributed by atoms with van der Waals surface area (Å²) in [6.07, 6.45) is 9.07. The number of rotatable bonds is 9. The predicted molar refractivity (Wildman–Crippen MR) is 54.9 cm³/mol. The smallest absolute Gasteiger partial charge is 0.0462 e. The lowest BCUT2D eigenvalue weighted by molar-refractivity contribution is 0.192. The predicted octanol–water partition coefficient (Wildman–Crippen LogP) is 3.60. The first-order valence-corrected chi connectivity index (χ1v) is 5.50. The maximum absolute atomic E-state index is 5.57. The van der Waals surface area contributed by atoms with Crippen LogP contribution in [0.1, 0.15) is 44.9 Å². The molecule has 0 rings (SSSR count). The fourth-order valence-corrected chi connectivity index (χ4v) is 1.41. The van der Waals surface area contributed by atoms with Crippen LogP contribution in [-0.2, 0) is 4.74 Å². The third-order valence-corrected chi connectivity index (χ3v) is 2.25. The SMILES string of the molecule is COCCCCCCCCCCl. The fourth-order valence-electron chi connectivity index (χ4n) is 1.22. The topological polar surface area (TPSA) is 9.23 Å². The lowest BCUT2D eigenvalue weighted by atomic mass is 10.1. The van der Waals surface area contributed by atoms with Crippen molar-refractivity contribution in [3.63, 3.8) is 0 Å². The molecular weight excluding hydrogens is 172 g/mol. The summed E-state index contributed by atoms with van der Waals surface area (Å²) in [5.74, 6) is 0.823. The number of hydrogen-bond donors (Lipinski definition) is 0. The van der Waals surface area contributed by atoms with Crippen LogP contribution in [0.4, 0.5) is 0 Å². The summed E-state index contributed by atoms with van der Waals surface area (Å²) in [5, 5.41) is 0. The lowest BCUT2D eigenvalue weighted by Gasteiger charge is -2.00. The summed E-state index contributed by atoms with van der Waals surface area (Å²) < 4.78 is 4.97. The Labute approximate surface area is 81.4 Å². The minimum atomic E-state index is 0.823. The Morgan fingerprint density at radius 2 is 1.33 bits per heavy atom. The van der Waals surface area contributed by atoms with E-state index >= 15 is 0 Å². The normalized spacial score (nSPS) is 10.5. The van der Waals surface area contributed by atoms with Crippen molar-refractivity contribution in [1.29, 1.82) is 0 Å². The van der Waals surface area contributed by atoms with E-state index in [1.807, 2.05) is 0 Å². The molecule has 0 fully saturated rings. The molecule has 0 aromatic carbocycles. The summed E-state index contributed by atoms with van der Waals surface area (Å²) in [4.78, 5) is 0. The monoisotopic (exact) mass is 192 g/mol.